The number of anilines is 1. The Morgan fingerprint density at radius 1 is 1.29 bits per heavy atom. The van der Waals surface area contributed by atoms with Crippen molar-refractivity contribution in [3.05, 3.63) is 36.2 Å². The maximum absolute atomic E-state index is 5.45. The fourth-order valence-corrected chi connectivity index (χ4v) is 2.81. The summed E-state index contributed by atoms with van der Waals surface area (Å²) in [5, 5.41) is 7.94. The molecule has 0 aromatic carbocycles. The molecule has 112 valence electrons. The van der Waals surface area contributed by atoms with E-state index in [-0.39, 0.29) is 0 Å². The van der Waals surface area contributed by atoms with Crippen molar-refractivity contribution in [2.45, 2.75) is 32.4 Å². The molecule has 0 spiro atoms. The molecule has 3 heterocycles. The molecule has 0 unspecified atom stereocenters. The van der Waals surface area contributed by atoms with E-state index in [4.69, 9.17) is 4.42 Å². The molecule has 2 aromatic rings. The van der Waals surface area contributed by atoms with E-state index < -0.39 is 0 Å². The minimum atomic E-state index is 0.542. The number of rotatable bonds is 4. The monoisotopic (exact) mass is 287 g/mol. The molecule has 0 atom stereocenters. The zero-order chi connectivity index (χ0) is 14.7. The van der Waals surface area contributed by atoms with Crippen LogP contribution in [0.3, 0.4) is 0 Å². The molecular weight excluding hydrogens is 266 g/mol. The summed E-state index contributed by atoms with van der Waals surface area (Å²) in [5.41, 5.74) is 0. The second-order valence-electron chi connectivity index (χ2n) is 5.52. The quantitative estimate of drug-likeness (QED) is 0.855. The van der Waals surface area contributed by atoms with Gasteiger partial charge >= 0.3 is 0 Å². The van der Waals surface area contributed by atoms with Crippen LogP contribution in [0.5, 0.6) is 0 Å². The van der Waals surface area contributed by atoms with Crippen molar-refractivity contribution in [3.8, 4) is 0 Å². The van der Waals surface area contributed by atoms with Crippen LogP contribution in [0.1, 0.15) is 24.6 Å². The summed E-state index contributed by atoms with van der Waals surface area (Å²) in [5.74, 6) is 2.39. The smallest absolute Gasteiger partial charge is 0.230 e. The highest BCUT2D eigenvalue weighted by Gasteiger charge is 2.24. The largest absolute Gasteiger partial charge is 0.424 e. The van der Waals surface area contributed by atoms with Crippen molar-refractivity contribution in [2.24, 2.45) is 0 Å². The van der Waals surface area contributed by atoms with Crippen LogP contribution < -0.4 is 4.90 Å². The van der Waals surface area contributed by atoms with Gasteiger partial charge in [-0.15, -0.1) is 10.2 Å². The van der Waals surface area contributed by atoms with E-state index in [0.29, 0.717) is 17.8 Å². The fraction of sp³-hybridized carbons (Fsp3) is 0.533. The molecule has 0 saturated carbocycles. The number of aryl methyl sites for hydroxylation is 1. The summed E-state index contributed by atoms with van der Waals surface area (Å²) in [6.07, 6.45) is 4.10. The predicted octanol–water partition coefficient (Wildman–Crippen LogP) is 1.87. The van der Waals surface area contributed by atoms with Crippen molar-refractivity contribution in [2.75, 3.05) is 25.0 Å². The summed E-state index contributed by atoms with van der Waals surface area (Å²) < 4.78 is 5.45. The highest BCUT2D eigenvalue weighted by Crippen LogP contribution is 2.21. The van der Waals surface area contributed by atoms with Gasteiger partial charge in [-0.25, -0.2) is 4.98 Å². The lowest BCUT2D eigenvalue weighted by atomic mass is 10.0. The molecule has 0 aliphatic carbocycles. The van der Waals surface area contributed by atoms with Crippen molar-refractivity contribution >= 4 is 5.82 Å². The van der Waals surface area contributed by atoms with Gasteiger partial charge in [0, 0.05) is 39.3 Å². The first-order valence-electron chi connectivity index (χ1n) is 7.37. The van der Waals surface area contributed by atoms with Crippen molar-refractivity contribution in [1.29, 1.82) is 0 Å². The topological polar surface area (TPSA) is 58.3 Å². The molecule has 0 bridgehead atoms. The average Bonchev–Trinajstić information content (AvgIpc) is 2.93. The molecule has 6 heteroatoms. The highest BCUT2D eigenvalue weighted by atomic mass is 16.4. The normalized spacial score (nSPS) is 17.0. The minimum absolute atomic E-state index is 0.542. The Labute approximate surface area is 124 Å². The Bertz CT molecular complexity index is 562. The molecule has 3 rings (SSSR count). The first-order valence-corrected chi connectivity index (χ1v) is 7.37. The first kappa shape index (κ1) is 14.0. The fourth-order valence-electron chi connectivity index (χ4n) is 2.81. The molecular formula is C15H21N5O. The number of likely N-dealkylation sites (tertiary alicyclic amines) is 1. The van der Waals surface area contributed by atoms with E-state index in [1.807, 2.05) is 25.3 Å². The van der Waals surface area contributed by atoms with Crippen LogP contribution in [0.15, 0.2) is 28.8 Å². The van der Waals surface area contributed by atoms with Gasteiger partial charge in [0.25, 0.3) is 0 Å². The Morgan fingerprint density at radius 3 is 2.71 bits per heavy atom. The van der Waals surface area contributed by atoms with E-state index in [0.717, 1.165) is 38.3 Å². The molecule has 2 aromatic heterocycles. The van der Waals surface area contributed by atoms with E-state index in [1.165, 1.54) is 0 Å². The van der Waals surface area contributed by atoms with E-state index >= 15 is 0 Å². The number of nitrogens with zero attached hydrogens (tertiary/aromatic N) is 5. The van der Waals surface area contributed by atoms with Gasteiger partial charge in [-0.05, 0) is 25.0 Å². The molecule has 1 aliphatic rings. The van der Waals surface area contributed by atoms with Crippen LogP contribution in [0.2, 0.25) is 0 Å². The van der Waals surface area contributed by atoms with E-state index in [2.05, 4.69) is 38.1 Å². The third kappa shape index (κ3) is 3.39. The van der Waals surface area contributed by atoms with Crippen LogP contribution in [0.4, 0.5) is 5.82 Å². The van der Waals surface area contributed by atoms with Crippen LogP contribution in [0, 0.1) is 6.92 Å². The molecule has 0 N–H and O–H groups in total. The molecule has 0 amide bonds. The van der Waals surface area contributed by atoms with Gasteiger partial charge in [-0.3, -0.25) is 4.90 Å². The highest BCUT2D eigenvalue weighted by molar-refractivity contribution is 5.37. The molecule has 1 aliphatic heterocycles. The van der Waals surface area contributed by atoms with Gasteiger partial charge in [0.05, 0.1) is 6.54 Å². The van der Waals surface area contributed by atoms with E-state index in [9.17, 15) is 0 Å². The number of aromatic nitrogens is 3. The molecule has 1 saturated heterocycles. The molecule has 21 heavy (non-hydrogen) atoms. The van der Waals surface area contributed by atoms with Gasteiger partial charge in [0.2, 0.25) is 11.8 Å². The Hall–Kier alpha value is -1.95. The van der Waals surface area contributed by atoms with Crippen LogP contribution >= 0.6 is 0 Å². The van der Waals surface area contributed by atoms with Crippen LogP contribution in [0.25, 0.3) is 0 Å². The number of hydrogen-bond acceptors (Lipinski definition) is 6. The first-order chi connectivity index (χ1) is 10.2. The Balaban J connectivity index is 1.53. The standard InChI is InChI=1S/C15H21N5O/c1-12-17-18-15(21-12)11-20-9-6-13(7-10-20)19(2)14-5-3-4-8-16-14/h3-5,8,13H,6-7,9-11H2,1-2H3. The van der Waals surface area contributed by atoms with Gasteiger partial charge < -0.3 is 9.32 Å². The van der Waals surface area contributed by atoms with Gasteiger partial charge in [-0.1, -0.05) is 6.07 Å². The Morgan fingerprint density at radius 2 is 2.10 bits per heavy atom. The molecule has 6 nitrogen and oxygen atoms in total. The van der Waals surface area contributed by atoms with Crippen LogP contribution in [-0.4, -0.2) is 46.3 Å². The zero-order valence-corrected chi connectivity index (χ0v) is 12.6. The van der Waals surface area contributed by atoms with Crippen molar-refractivity contribution < 1.29 is 4.42 Å². The summed E-state index contributed by atoms with van der Waals surface area (Å²) in [4.78, 5) is 9.08. The lowest BCUT2D eigenvalue weighted by Gasteiger charge is -2.36. The number of hydrogen-bond donors (Lipinski definition) is 0. The maximum Gasteiger partial charge on any atom is 0.230 e. The maximum atomic E-state index is 5.45. The molecule has 1 fully saturated rings. The second kappa shape index (κ2) is 6.22. The summed E-state index contributed by atoms with van der Waals surface area (Å²) in [7, 11) is 2.13. The average molecular weight is 287 g/mol. The van der Waals surface area contributed by atoms with Gasteiger partial charge in [-0.2, -0.15) is 0 Å². The predicted molar refractivity (Wildman–Crippen MR) is 80.0 cm³/mol. The van der Waals surface area contributed by atoms with Crippen molar-refractivity contribution in [3.63, 3.8) is 0 Å². The number of piperidine rings is 1. The SMILES string of the molecule is Cc1nnc(CN2CCC(N(C)c3ccccn3)CC2)o1. The summed E-state index contributed by atoms with van der Waals surface area (Å²) >= 11 is 0. The molecule has 0 radical (unpaired) electrons. The summed E-state index contributed by atoms with van der Waals surface area (Å²) in [6.45, 7) is 4.66. The minimum Gasteiger partial charge on any atom is -0.424 e. The Kier molecular flexibility index (Phi) is 4.15. The van der Waals surface area contributed by atoms with Gasteiger partial charge in [0.15, 0.2) is 0 Å². The van der Waals surface area contributed by atoms with Crippen molar-refractivity contribution in [1.82, 2.24) is 20.1 Å². The third-order valence-electron chi connectivity index (χ3n) is 4.04. The van der Waals surface area contributed by atoms with Crippen LogP contribution in [-0.2, 0) is 6.54 Å². The lowest BCUT2D eigenvalue weighted by Crippen LogP contribution is -2.43. The third-order valence-corrected chi connectivity index (χ3v) is 4.04. The van der Waals surface area contributed by atoms with E-state index in [1.54, 1.807) is 0 Å². The zero-order valence-electron chi connectivity index (χ0n) is 12.6. The second-order valence-corrected chi connectivity index (χ2v) is 5.52. The number of pyridine rings is 1. The van der Waals surface area contributed by atoms with Gasteiger partial charge in [0.1, 0.15) is 5.82 Å². The summed E-state index contributed by atoms with van der Waals surface area (Å²) in [6, 6.07) is 6.59. The lowest BCUT2D eigenvalue weighted by molar-refractivity contribution is 0.185.